The summed E-state index contributed by atoms with van der Waals surface area (Å²) in [6.07, 6.45) is 1.73. The molecule has 2 N–H and O–H groups in total. The predicted octanol–water partition coefficient (Wildman–Crippen LogP) is -0.883. The van der Waals surface area contributed by atoms with Crippen molar-refractivity contribution in [2.75, 3.05) is 6.61 Å². The Kier molecular flexibility index (Phi) is 5.76. The Morgan fingerprint density at radius 1 is 1.47 bits per heavy atom. The Hall–Kier alpha value is -0.767. The average Bonchev–Trinajstić information content (AvgIpc) is 2.28. The van der Waals surface area contributed by atoms with E-state index in [0.29, 0.717) is 11.0 Å². The molecule has 0 aliphatic rings. The molecule has 0 aromatic heterocycles. The molecule has 0 heterocycles. The molecule has 1 aromatic carbocycles. The van der Waals surface area contributed by atoms with E-state index in [0.717, 1.165) is 12.8 Å². The van der Waals surface area contributed by atoms with Gasteiger partial charge in [-0.3, -0.25) is 0 Å². The van der Waals surface area contributed by atoms with Crippen LogP contribution in [0.1, 0.15) is 30.1 Å². The summed E-state index contributed by atoms with van der Waals surface area (Å²) in [6.45, 7) is 2.35. The number of rotatable bonds is 5. The van der Waals surface area contributed by atoms with Crippen molar-refractivity contribution in [2.24, 2.45) is 0 Å². The van der Waals surface area contributed by atoms with Crippen LogP contribution >= 0.6 is 0 Å². The summed E-state index contributed by atoms with van der Waals surface area (Å²) in [5.41, 5.74) is 0.392. The summed E-state index contributed by atoms with van der Waals surface area (Å²) in [5, 5.41) is 18.4. The van der Waals surface area contributed by atoms with E-state index >= 15 is 0 Å². The number of carbonyl (C=O) groups is 1. The molecule has 0 unspecified atom stereocenters. The van der Waals surface area contributed by atoms with Gasteiger partial charge in [-0.1, -0.05) is 0 Å². The maximum atomic E-state index is 11.8. The van der Waals surface area contributed by atoms with E-state index in [9.17, 15) is 14.8 Å². The summed E-state index contributed by atoms with van der Waals surface area (Å²) in [7, 11) is -1.67. The normalized spacial score (nSPS) is 10.1. The van der Waals surface area contributed by atoms with Crippen LogP contribution in [0.3, 0.4) is 0 Å². The summed E-state index contributed by atoms with van der Waals surface area (Å²) in [6, 6.07) is 4.87. The number of carbonyl (C=O) groups excluding carboxylic acids is 1. The van der Waals surface area contributed by atoms with Crippen LogP contribution < -0.4 is 9.81 Å². The van der Waals surface area contributed by atoms with Gasteiger partial charge in [-0.15, -0.1) is 0 Å². The monoisotopic (exact) mass is 296 g/mol. The molecular formula is C11H14AsBO4. The van der Waals surface area contributed by atoms with Crippen LogP contribution in [0.5, 0.6) is 0 Å². The van der Waals surface area contributed by atoms with Crippen molar-refractivity contribution in [1.29, 1.82) is 0 Å². The molecular weight excluding hydrogens is 282 g/mol. The molecule has 0 aliphatic heterocycles. The number of ether oxygens (including phenoxy) is 1. The molecule has 1 rings (SSSR count). The summed E-state index contributed by atoms with van der Waals surface area (Å²) in [5.74, 6) is -0.516. The van der Waals surface area contributed by atoms with E-state index in [1.807, 2.05) is 6.92 Å². The third-order valence-corrected chi connectivity index (χ3v) is 3.07. The van der Waals surface area contributed by atoms with Crippen molar-refractivity contribution in [1.82, 2.24) is 0 Å². The first-order chi connectivity index (χ1) is 8.07. The summed E-state index contributed by atoms with van der Waals surface area (Å²) < 4.78 is 5.68. The Morgan fingerprint density at radius 3 is 2.76 bits per heavy atom. The number of hydrogen-bond acceptors (Lipinski definition) is 4. The zero-order valence-electron chi connectivity index (χ0n) is 9.59. The van der Waals surface area contributed by atoms with Gasteiger partial charge < -0.3 is 0 Å². The minimum absolute atomic E-state index is 0.171. The summed E-state index contributed by atoms with van der Waals surface area (Å²) >= 11 is 2.23. The second-order valence-corrected chi connectivity index (χ2v) is 4.62. The fourth-order valence-electron chi connectivity index (χ4n) is 1.38. The Morgan fingerprint density at radius 2 is 2.18 bits per heavy atom. The predicted molar refractivity (Wildman–Crippen MR) is 66.8 cm³/mol. The van der Waals surface area contributed by atoms with Crippen LogP contribution in [0.15, 0.2) is 18.2 Å². The molecule has 0 atom stereocenters. The van der Waals surface area contributed by atoms with E-state index in [4.69, 9.17) is 4.74 Å². The molecule has 0 aliphatic carbocycles. The van der Waals surface area contributed by atoms with Gasteiger partial charge in [0, 0.05) is 0 Å². The first-order valence-corrected chi connectivity index (χ1v) is 6.37. The molecule has 0 saturated heterocycles. The second kappa shape index (κ2) is 6.85. The van der Waals surface area contributed by atoms with Gasteiger partial charge in [0.15, 0.2) is 0 Å². The molecule has 17 heavy (non-hydrogen) atoms. The van der Waals surface area contributed by atoms with Crippen LogP contribution in [-0.4, -0.2) is 46.6 Å². The molecule has 6 heteroatoms. The van der Waals surface area contributed by atoms with Gasteiger partial charge in [-0.2, -0.15) is 0 Å². The SMILES string of the molecule is CCCCOC(=O)c1c([As])cccc1B(O)O. The van der Waals surface area contributed by atoms with Gasteiger partial charge in [0.2, 0.25) is 0 Å². The molecule has 0 fully saturated rings. The number of benzene rings is 1. The van der Waals surface area contributed by atoms with Crippen molar-refractivity contribution in [2.45, 2.75) is 19.8 Å². The van der Waals surface area contributed by atoms with Gasteiger partial charge in [0.05, 0.1) is 0 Å². The van der Waals surface area contributed by atoms with Crippen LogP contribution in [0, 0.1) is 0 Å². The Labute approximate surface area is 110 Å². The third kappa shape index (κ3) is 3.88. The molecule has 0 saturated carbocycles. The molecule has 0 bridgehead atoms. The zero-order chi connectivity index (χ0) is 12.8. The zero-order valence-corrected chi connectivity index (χ0v) is 11.5. The van der Waals surface area contributed by atoms with Crippen molar-refractivity contribution < 1.29 is 19.6 Å². The first kappa shape index (κ1) is 14.3. The van der Waals surface area contributed by atoms with Gasteiger partial charge in [0.25, 0.3) is 0 Å². The quantitative estimate of drug-likeness (QED) is 0.420. The minimum atomic E-state index is -1.67. The van der Waals surface area contributed by atoms with Gasteiger partial charge in [-0.05, 0) is 0 Å². The van der Waals surface area contributed by atoms with Crippen LogP contribution in [0.2, 0.25) is 0 Å². The van der Waals surface area contributed by atoms with E-state index in [-0.39, 0.29) is 11.0 Å². The fraction of sp³-hybridized carbons (Fsp3) is 0.364. The average molecular weight is 296 g/mol. The first-order valence-electron chi connectivity index (χ1n) is 5.43. The molecule has 4 nitrogen and oxygen atoms in total. The molecule has 90 valence electrons. The number of esters is 1. The van der Waals surface area contributed by atoms with Gasteiger partial charge in [0.1, 0.15) is 0 Å². The summed E-state index contributed by atoms with van der Waals surface area (Å²) in [4.78, 5) is 11.8. The maximum absolute atomic E-state index is 11.8. The van der Waals surface area contributed by atoms with E-state index in [1.165, 1.54) is 6.07 Å². The van der Waals surface area contributed by atoms with Crippen LogP contribution in [-0.2, 0) is 4.74 Å². The van der Waals surface area contributed by atoms with Crippen molar-refractivity contribution in [3.05, 3.63) is 23.8 Å². The number of hydrogen-bond donors (Lipinski definition) is 2. The van der Waals surface area contributed by atoms with Crippen LogP contribution in [0.4, 0.5) is 0 Å². The van der Waals surface area contributed by atoms with Gasteiger partial charge in [-0.25, -0.2) is 0 Å². The Balaban J connectivity index is 2.91. The van der Waals surface area contributed by atoms with Crippen molar-refractivity contribution >= 4 is 39.8 Å². The van der Waals surface area contributed by atoms with E-state index in [1.54, 1.807) is 12.1 Å². The molecule has 0 amide bonds. The van der Waals surface area contributed by atoms with Crippen molar-refractivity contribution in [3.8, 4) is 0 Å². The second-order valence-electron chi connectivity index (χ2n) is 3.60. The third-order valence-electron chi connectivity index (χ3n) is 2.29. The fourth-order valence-corrected chi connectivity index (χ4v) is 2.02. The standard InChI is InChI=1S/C11H14AsBO4/c1-2-3-7-17-11(14)10-8(12)5-4-6-9(10)13(15)16/h4-6,15-16H,2-3,7H2,1H3. The van der Waals surface area contributed by atoms with Crippen LogP contribution in [0.25, 0.3) is 0 Å². The van der Waals surface area contributed by atoms with Crippen molar-refractivity contribution in [3.63, 3.8) is 0 Å². The molecule has 0 spiro atoms. The van der Waals surface area contributed by atoms with E-state index in [2.05, 4.69) is 16.9 Å². The topological polar surface area (TPSA) is 66.8 Å². The van der Waals surface area contributed by atoms with Gasteiger partial charge >= 0.3 is 109 Å². The molecule has 1 aromatic rings. The molecule has 2 radical (unpaired) electrons. The van der Waals surface area contributed by atoms with E-state index < -0.39 is 13.1 Å². The Bertz CT molecular complexity index is 395. The number of unbranched alkanes of at least 4 members (excludes halogenated alkanes) is 1.